The first-order chi connectivity index (χ1) is 10.1. The van der Waals surface area contributed by atoms with E-state index in [0.717, 1.165) is 5.56 Å². The van der Waals surface area contributed by atoms with Gasteiger partial charge in [-0.2, -0.15) is 0 Å². The van der Waals surface area contributed by atoms with Crippen LogP contribution >= 0.6 is 0 Å². The highest BCUT2D eigenvalue weighted by molar-refractivity contribution is 5.75. The molecule has 2 rings (SSSR count). The number of carbonyl (C=O) groups excluding carboxylic acids is 1. The van der Waals surface area contributed by atoms with Gasteiger partial charge in [0.2, 0.25) is 6.17 Å². The molecule has 1 heterocycles. The van der Waals surface area contributed by atoms with Crippen molar-refractivity contribution in [1.29, 1.82) is 0 Å². The molecule has 21 heavy (non-hydrogen) atoms. The summed E-state index contributed by atoms with van der Waals surface area (Å²) in [6.45, 7) is 2.30. The van der Waals surface area contributed by atoms with Crippen molar-refractivity contribution >= 4 is 5.97 Å². The van der Waals surface area contributed by atoms with Gasteiger partial charge >= 0.3 is 5.97 Å². The first-order valence-corrected chi connectivity index (χ1v) is 6.89. The zero-order valence-corrected chi connectivity index (χ0v) is 11.8. The predicted molar refractivity (Wildman–Crippen MR) is 72.3 cm³/mol. The van der Waals surface area contributed by atoms with Gasteiger partial charge in [0.25, 0.3) is 0 Å². The van der Waals surface area contributed by atoms with Crippen LogP contribution in [0.2, 0.25) is 0 Å². The summed E-state index contributed by atoms with van der Waals surface area (Å²) >= 11 is 0. The number of alkyl halides is 1. The first-order valence-electron chi connectivity index (χ1n) is 6.89. The van der Waals surface area contributed by atoms with Crippen molar-refractivity contribution in [2.45, 2.75) is 38.0 Å². The summed E-state index contributed by atoms with van der Waals surface area (Å²) in [5.41, 5.74) is 1.02. The third-order valence-electron chi connectivity index (χ3n) is 3.16. The van der Waals surface area contributed by atoms with Crippen LogP contribution in [0.5, 0.6) is 0 Å². The molecule has 0 unspecified atom stereocenters. The van der Waals surface area contributed by atoms with Gasteiger partial charge < -0.3 is 19.3 Å². The number of halogens is 1. The number of rotatable bonds is 8. The molecular formula is C15H19FO5. The maximum atomic E-state index is 13.6. The number of aliphatic hydroxyl groups excluding tert-OH is 1. The molecule has 0 saturated carbocycles. The molecule has 116 valence electrons. The molecule has 1 aromatic rings. The fourth-order valence-corrected chi connectivity index (χ4v) is 1.99. The van der Waals surface area contributed by atoms with E-state index in [1.807, 2.05) is 30.3 Å². The number of carbonyl (C=O) groups is 1. The average molecular weight is 298 g/mol. The van der Waals surface area contributed by atoms with E-state index in [2.05, 4.69) is 4.74 Å². The Morgan fingerprint density at radius 1 is 1.43 bits per heavy atom. The molecule has 1 aromatic carbocycles. The molecule has 0 aromatic heterocycles. The molecule has 1 saturated heterocycles. The Bertz CT molecular complexity index is 453. The molecule has 0 spiro atoms. The normalized spacial score (nSPS) is 23.4. The highest BCUT2D eigenvalue weighted by Gasteiger charge is 2.49. The largest absolute Gasteiger partial charge is 0.464 e. The minimum absolute atomic E-state index is 0.0705. The van der Waals surface area contributed by atoms with Gasteiger partial charge in [0.05, 0.1) is 19.8 Å². The van der Waals surface area contributed by atoms with E-state index in [9.17, 15) is 14.3 Å². The maximum Gasteiger partial charge on any atom is 0.343 e. The third-order valence-corrected chi connectivity index (χ3v) is 3.16. The highest BCUT2D eigenvalue weighted by atomic mass is 19.1. The van der Waals surface area contributed by atoms with Crippen LogP contribution in [-0.4, -0.2) is 48.8 Å². The van der Waals surface area contributed by atoms with E-state index < -0.39 is 30.5 Å². The lowest BCUT2D eigenvalue weighted by molar-refractivity contribution is -0.154. The lowest BCUT2D eigenvalue weighted by Gasteiger charge is -2.12. The second-order valence-electron chi connectivity index (χ2n) is 4.78. The molecule has 1 aliphatic rings. The van der Waals surface area contributed by atoms with E-state index in [1.165, 1.54) is 0 Å². The van der Waals surface area contributed by atoms with Crippen LogP contribution in [0.15, 0.2) is 30.3 Å². The van der Waals surface area contributed by atoms with Gasteiger partial charge in [-0.15, -0.1) is 0 Å². The van der Waals surface area contributed by atoms with Crippen molar-refractivity contribution in [3.63, 3.8) is 0 Å². The van der Waals surface area contributed by atoms with Gasteiger partial charge in [0.15, 0.2) is 0 Å². The minimum Gasteiger partial charge on any atom is -0.464 e. The van der Waals surface area contributed by atoms with Crippen molar-refractivity contribution in [2.75, 3.05) is 13.2 Å². The zero-order valence-electron chi connectivity index (χ0n) is 11.8. The number of hydrogen-bond donors (Lipinski definition) is 1. The molecule has 0 radical (unpaired) electrons. The predicted octanol–water partition coefficient (Wildman–Crippen LogP) is 1.23. The number of benzene rings is 1. The first kappa shape index (κ1) is 15.9. The molecule has 1 aliphatic heterocycles. The summed E-state index contributed by atoms with van der Waals surface area (Å²) in [5, 5.41) is 9.68. The standard InChI is InChI=1S/C15H19FO5/c1-2-20-15(18)12(16)13(17)14-11(21-14)9-19-8-10-6-4-3-5-7-10/h3-7,11-14,17H,2,8-9H2,1H3/t11-,12+,13+,14+/m0/s1. The number of ether oxygens (including phenoxy) is 3. The number of aliphatic hydroxyl groups is 1. The molecule has 0 aliphatic carbocycles. The highest BCUT2D eigenvalue weighted by Crippen LogP contribution is 2.29. The summed E-state index contributed by atoms with van der Waals surface area (Å²) in [7, 11) is 0. The van der Waals surface area contributed by atoms with Crippen molar-refractivity contribution in [2.24, 2.45) is 0 Å². The number of epoxide rings is 1. The zero-order chi connectivity index (χ0) is 15.2. The minimum atomic E-state index is -2.09. The van der Waals surface area contributed by atoms with Crippen LogP contribution in [0.3, 0.4) is 0 Å². The maximum absolute atomic E-state index is 13.6. The van der Waals surface area contributed by atoms with E-state index >= 15 is 0 Å². The van der Waals surface area contributed by atoms with Crippen molar-refractivity contribution in [1.82, 2.24) is 0 Å². The average Bonchev–Trinajstić information content (AvgIpc) is 3.26. The molecule has 0 amide bonds. The number of esters is 1. The smallest absolute Gasteiger partial charge is 0.343 e. The van der Waals surface area contributed by atoms with E-state index in [4.69, 9.17) is 9.47 Å². The van der Waals surface area contributed by atoms with E-state index in [1.54, 1.807) is 6.92 Å². The third kappa shape index (κ3) is 4.49. The summed E-state index contributed by atoms with van der Waals surface area (Å²) in [4.78, 5) is 11.2. The summed E-state index contributed by atoms with van der Waals surface area (Å²) in [5.74, 6) is -1.07. The topological polar surface area (TPSA) is 68.3 Å². The van der Waals surface area contributed by atoms with E-state index in [0.29, 0.717) is 6.61 Å². The van der Waals surface area contributed by atoms with Crippen LogP contribution in [0.1, 0.15) is 12.5 Å². The van der Waals surface area contributed by atoms with Gasteiger partial charge in [0.1, 0.15) is 18.3 Å². The summed E-state index contributed by atoms with van der Waals surface area (Å²) < 4.78 is 28.7. The Labute approximate surface area is 122 Å². The second-order valence-corrected chi connectivity index (χ2v) is 4.78. The Hall–Kier alpha value is -1.50. The van der Waals surface area contributed by atoms with E-state index in [-0.39, 0.29) is 13.2 Å². The van der Waals surface area contributed by atoms with Crippen molar-refractivity contribution in [3.05, 3.63) is 35.9 Å². The number of hydrogen-bond acceptors (Lipinski definition) is 5. The lowest BCUT2D eigenvalue weighted by Crippen LogP contribution is -2.36. The molecule has 1 fully saturated rings. The van der Waals surface area contributed by atoms with Crippen LogP contribution in [0.4, 0.5) is 4.39 Å². The summed E-state index contributed by atoms with van der Waals surface area (Å²) in [6.07, 6.45) is -4.72. The Balaban J connectivity index is 1.68. The van der Waals surface area contributed by atoms with Crippen LogP contribution in [0.25, 0.3) is 0 Å². The molecular weight excluding hydrogens is 279 g/mol. The van der Waals surface area contributed by atoms with Crippen molar-refractivity contribution in [3.8, 4) is 0 Å². The molecule has 6 heteroatoms. The molecule has 1 N–H and O–H groups in total. The van der Waals surface area contributed by atoms with Gasteiger partial charge in [-0.25, -0.2) is 9.18 Å². The monoisotopic (exact) mass is 298 g/mol. The SMILES string of the molecule is CCOC(=O)[C@H](F)[C@@H](O)[C@@H]1O[C@H]1COCc1ccccc1. The van der Waals surface area contributed by atoms with Crippen LogP contribution < -0.4 is 0 Å². The Morgan fingerprint density at radius 2 is 2.14 bits per heavy atom. The molecule has 0 bridgehead atoms. The van der Waals surface area contributed by atoms with Crippen LogP contribution in [-0.2, 0) is 25.6 Å². The van der Waals surface area contributed by atoms with Gasteiger partial charge in [-0.1, -0.05) is 30.3 Å². The quantitative estimate of drug-likeness (QED) is 0.577. The Morgan fingerprint density at radius 3 is 2.81 bits per heavy atom. The summed E-state index contributed by atoms with van der Waals surface area (Å²) in [6, 6.07) is 9.59. The second kappa shape index (κ2) is 7.49. The Kier molecular flexibility index (Phi) is 5.67. The fourth-order valence-electron chi connectivity index (χ4n) is 1.99. The van der Waals surface area contributed by atoms with Crippen molar-refractivity contribution < 1.29 is 28.5 Å². The van der Waals surface area contributed by atoms with Gasteiger partial charge in [0, 0.05) is 0 Å². The lowest BCUT2D eigenvalue weighted by atomic mass is 10.1. The van der Waals surface area contributed by atoms with Gasteiger partial charge in [-0.05, 0) is 12.5 Å². The van der Waals surface area contributed by atoms with Crippen LogP contribution in [0, 0.1) is 0 Å². The molecule has 5 nitrogen and oxygen atoms in total. The molecule has 4 atom stereocenters. The fraction of sp³-hybridized carbons (Fsp3) is 0.533. The van der Waals surface area contributed by atoms with Gasteiger partial charge in [-0.3, -0.25) is 0 Å².